The van der Waals surface area contributed by atoms with Gasteiger partial charge in [-0.15, -0.1) is 11.3 Å². The van der Waals surface area contributed by atoms with Gasteiger partial charge in [-0.25, -0.2) is 9.78 Å². The zero-order valence-corrected chi connectivity index (χ0v) is 14.8. The maximum absolute atomic E-state index is 12.3. The highest BCUT2D eigenvalue weighted by Crippen LogP contribution is 2.19. The standard InChI is InChI=1S/C16H25N3O3S/c1-11(2)9-22-16(21)18-15-17-13(10-23-15)8-14(20)19-6-4-12(3)5-7-19/h10-12H,4-9H2,1-3H3,(H,17,18,21). The Morgan fingerprint density at radius 1 is 1.43 bits per heavy atom. The Kier molecular flexibility index (Phi) is 6.38. The minimum absolute atomic E-state index is 0.108. The van der Waals surface area contributed by atoms with E-state index in [0.29, 0.717) is 23.4 Å². The van der Waals surface area contributed by atoms with Crippen molar-refractivity contribution < 1.29 is 14.3 Å². The van der Waals surface area contributed by atoms with Crippen molar-refractivity contribution in [1.82, 2.24) is 9.88 Å². The van der Waals surface area contributed by atoms with E-state index in [4.69, 9.17) is 4.74 Å². The molecule has 2 heterocycles. The quantitative estimate of drug-likeness (QED) is 0.894. The van der Waals surface area contributed by atoms with E-state index in [-0.39, 0.29) is 18.2 Å². The number of rotatable bonds is 5. The van der Waals surface area contributed by atoms with E-state index in [2.05, 4.69) is 17.2 Å². The zero-order chi connectivity index (χ0) is 16.8. The van der Waals surface area contributed by atoms with Crippen molar-refractivity contribution in [3.63, 3.8) is 0 Å². The molecule has 128 valence electrons. The third-order valence-electron chi connectivity index (χ3n) is 3.78. The predicted octanol–water partition coefficient (Wildman–Crippen LogP) is 3.15. The summed E-state index contributed by atoms with van der Waals surface area (Å²) in [5.41, 5.74) is 0.692. The third kappa shape index (κ3) is 5.82. The number of piperidine rings is 1. The summed E-state index contributed by atoms with van der Waals surface area (Å²) in [4.78, 5) is 30.0. The van der Waals surface area contributed by atoms with E-state index in [1.807, 2.05) is 24.1 Å². The monoisotopic (exact) mass is 339 g/mol. The van der Waals surface area contributed by atoms with Crippen molar-refractivity contribution in [1.29, 1.82) is 0 Å². The molecule has 1 aromatic heterocycles. The van der Waals surface area contributed by atoms with Crippen LogP contribution in [0.25, 0.3) is 0 Å². The Labute approximate surface area is 141 Å². The van der Waals surface area contributed by atoms with Crippen LogP contribution >= 0.6 is 11.3 Å². The normalized spacial score (nSPS) is 15.7. The predicted molar refractivity (Wildman–Crippen MR) is 90.6 cm³/mol. The number of likely N-dealkylation sites (tertiary alicyclic amines) is 1. The van der Waals surface area contributed by atoms with Crippen LogP contribution in [0.1, 0.15) is 39.3 Å². The number of carbonyl (C=O) groups is 2. The first-order chi connectivity index (χ1) is 10.9. The molecule has 0 saturated carbocycles. The van der Waals surface area contributed by atoms with Gasteiger partial charge in [0.25, 0.3) is 0 Å². The van der Waals surface area contributed by atoms with Crippen molar-refractivity contribution in [2.75, 3.05) is 25.0 Å². The average molecular weight is 339 g/mol. The third-order valence-corrected chi connectivity index (χ3v) is 4.58. The Balaban J connectivity index is 1.80. The number of carbonyl (C=O) groups excluding carboxylic acids is 2. The van der Waals surface area contributed by atoms with E-state index in [1.165, 1.54) is 11.3 Å². The van der Waals surface area contributed by atoms with Gasteiger partial charge in [-0.1, -0.05) is 20.8 Å². The molecule has 1 N–H and O–H groups in total. The molecule has 2 rings (SSSR count). The number of anilines is 1. The lowest BCUT2D eigenvalue weighted by Gasteiger charge is -2.30. The van der Waals surface area contributed by atoms with E-state index < -0.39 is 6.09 Å². The minimum atomic E-state index is -0.504. The largest absolute Gasteiger partial charge is 0.449 e. The highest BCUT2D eigenvalue weighted by Gasteiger charge is 2.21. The van der Waals surface area contributed by atoms with Crippen molar-refractivity contribution in [2.45, 2.75) is 40.0 Å². The van der Waals surface area contributed by atoms with Crippen LogP contribution in [-0.2, 0) is 16.0 Å². The van der Waals surface area contributed by atoms with Gasteiger partial charge in [-0.05, 0) is 24.7 Å². The molecule has 0 radical (unpaired) electrons. The zero-order valence-electron chi connectivity index (χ0n) is 14.0. The van der Waals surface area contributed by atoms with Gasteiger partial charge < -0.3 is 9.64 Å². The highest BCUT2D eigenvalue weighted by atomic mass is 32.1. The second-order valence-corrected chi connectivity index (χ2v) is 7.36. The summed E-state index contributed by atoms with van der Waals surface area (Å²) in [6.45, 7) is 8.20. The number of hydrogen-bond acceptors (Lipinski definition) is 5. The summed E-state index contributed by atoms with van der Waals surface area (Å²) in [5.74, 6) is 1.10. The first kappa shape index (κ1) is 17.7. The van der Waals surface area contributed by atoms with Crippen LogP contribution in [0.2, 0.25) is 0 Å². The van der Waals surface area contributed by atoms with Gasteiger partial charge in [0.1, 0.15) is 0 Å². The van der Waals surface area contributed by atoms with E-state index >= 15 is 0 Å². The Bertz CT molecular complexity index is 536. The van der Waals surface area contributed by atoms with Crippen LogP contribution in [0.4, 0.5) is 9.93 Å². The number of nitrogens with one attached hydrogen (secondary N) is 1. The molecule has 1 fully saturated rings. The molecule has 23 heavy (non-hydrogen) atoms. The second kappa shape index (κ2) is 8.29. The summed E-state index contributed by atoms with van der Waals surface area (Å²) < 4.78 is 5.04. The topological polar surface area (TPSA) is 71.5 Å². The van der Waals surface area contributed by atoms with Crippen molar-refractivity contribution in [2.24, 2.45) is 11.8 Å². The van der Waals surface area contributed by atoms with Crippen LogP contribution in [0.5, 0.6) is 0 Å². The van der Waals surface area contributed by atoms with Gasteiger partial charge in [-0.2, -0.15) is 0 Å². The van der Waals surface area contributed by atoms with Crippen molar-refractivity contribution >= 4 is 28.5 Å². The Hall–Kier alpha value is -1.63. The van der Waals surface area contributed by atoms with Crippen LogP contribution < -0.4 is 5.32 Å². The molecule has 1 aliphatic rings. The molecule has 1 saturated heterocycles. The fraction of sp³-hybridized carbons (Fsp3) is 0.688. The number of amides is 2. The molecule has 0 aromatic carbocycles. The van der Waals surface area contributed by atoms with Gasteiger partial charge in [-0.3, -0.25) is 10.1 Å². The molecular weight excluding hydrogens is 314 g/mol. The second-order valence-electron chi connectivity index (χ2n) is 6.50. The molecule has 0 atom stereocenters. The number of aromatic nitrogens is 1. The minimum Gasteiger partial charge on any atom is -0.449 e. The molecular formula is C16H25N3O3S. The lowest BCUT2D eigenvalue weighted by atomic mass is 9.99. The lowest BCUT2D eigenvalue weighted by Crippen LogP contribution is -2.38. The molecule has 6 nitrogen and oxygen atoms in total. The maximum Gasteiger partial charge on any atom is 0.413 e. The van der Waals surface area contributed by atoms with E-state index in [0.717, 1.165) is 25.9 Å². The first-order valence-corrected chi connectivity index (χ1v) is 8.98. The van der Waals surface area contributed by atoms with E-state index in [1.54, 1.807) is 0 Å². The maximum atomic E-state index is 12.3. The number of hydrogen-bond donors (Lipinski definition) is 1. The molecule has 7 heteroatoms. The number of ether oxygens (including phenoxy) is 1. The van der Waals surface area contributed by atoms with Crippen molar-refractivity contribution in [3.8, 4) is 0 Å². The van der Waals surface area contributed by atoms with Crippen LogP contribution in [-0.4, -0.2) is 41.6 Å². The van der Waals surface area contributed by atoms with E-state index in [9.17, 15) is 9.59 Å². The smallest absolute Gasteiger partial charge is 0.413 e. The summed E-state index contributed by atoms with van der Waals surface area (Å²) in [5, 5.41) is 4.87. The number of nitrogens with zero attached hydrogens (tertiary/aromatic N) is 2. The summed E-state index contributed by atoms with van der Waals surface area (Å²) in [6.07, 6.45) is 1.92. The van der Waals surface area contributed by atoms with Gasteiger partial charge in [0.2, 0.25) is 5.91 Å². The first-order valence-electron chi connectivity index (χ1n) is 8.10. The number of thiazole rings is 1. The van der Waals surface area contributed by atoms with Gasteiger partial charge in [0.05, 0.1) is 18.7 Å². The van der Waals surface area contributed by atoms with Crippen LogP contribution in [0, 0.1) is 11.8 Å². The molecule has 0 aliphatic carbocycles. The Morgan fingerprint density at radius 2 is 2.13 bits per heavy atom. The molecule has 0 bridgehead atoms. The molecule has 0 spiro atoms. The molecule has 2 amide bonds. The highest BCUT2D eigenvalue weighted by molar-refractivity contribution is 7.13. The average Bonchev–Trinajstić information content (AvgIpc) is 2.92. The van der Waals surface area contributed by atoms with Gasteiger partial charge in [0, 0.05) is 18.5 Å². The summed E-state index contributed by atoms with van der Waals surface area (Å²) in [7, 11) is 0. The Morgan fingerprint density at radius 3 is 2.78 bits per heavy atom. The van der Waals surface area contributed by atoms with Gasteiger partial charge >= 0.3 is 6.09 Å². The molecule has 1 aromatic rings. The van der Waals surface area contributed by atoms with Crippen molar-refractivity contribution in [3.05, 3.63) is 11.1 Å². The SMILES string of the molecule is CC(C)COC(=O)Nc1nc(CC(=O)N2CCC(C)CC2)cs1. The summed E-state index contributed by atoms with van der Waals surface area (Å²) >= 11 is 1.31. The molecule has 0 unspecified atom stereocenters. The molecule has 1 aliphatic heterocycles. The fourth-order valence-corrected chi connectivity index (χ4v) is 3.03. The van der Waals surface area contributed by atoms with Crippen LogP contribution in [0.3, 0.4) is 0 Å². The fourth-order valence-electron chi connectivity index (χ4n) is 2.34. The lowest BCUT2D eigenvalue weighted by molar-refractivity contribution is -0.131. The van der Waals surface area contributed by atoms with Crippen LogP contribution in [0.15, 0.2) is 5.38 Å². The van der Waals surface area contributed by atoms with Gasteiger partial charge in [0.15, 0.2) is 5.13 Å². The summed E-state index contributed by atoms with van der Waals surface area (Å²) in [6, 6.07) is 0.